The topological polar surface area (TPSA) is 118 Å². The summed E-state index contributed by atoms with van der Waals surface area (Å²) in [5.41, 5.74) is 1.02. The van der Waals surface area contributed by atoms with Gasteiger partial charge in [-0.1, -0.05) is 50.3 Å². The fraction of sp³-hybridized carbons (Fsp3) is 0.385. The van der Waals surface area contributed by atoms with Gasteiger partial charge in [-0.25, -0.2) is 13.1 Å². The van der Waals surface area contributed by atoms with Crippen LogP contribution in [0, 0.1) is 11.8 Å². The number of furan rings is 1. The Morgan fingerprint density at radius 2 is 1.71 bits per heavy atom. The second-order valence-electron chi connectivity index (χ2n) is 9.38. The van der Waals surface area contributed by atoms with Gasteiger partial charge in [0.15, 0.2) is 5.76 Å². The molecule has 2 aromatic carbocycles. The molecule has 35 heavy (non-hydrogen) atoms. The lowest BCUT2D eigenvalue weighted by Crippen LogP contribution is -2.42. The van der Waals surface area contributed by atoms with Gasteiger partial charge in [0.25, 0.3) is 10.0 Å². The molecule has 2 fully saturated rings. The van der Waals surface area contributed by atoms with E-state index in [1.54, 1.807) is 36.4 Å². The number of hydrogen-bond donors (Lipinski definition) is 3. The Labute approximate surface area is 204 Å². The highest BCUT2D eigenvalue weighted by molar-refractivity contribution is 7.90. The number of carbonyl (C=O) groups is 2. The van der Waals surface area contributed by atoms with E-state index in [2.05, 4.69) is 10.6 Å². The molecule has 0 unspecified atom stereocenters. The molecular weight excluding hydrogens is 466 g/mol. The number of benzene rings is 2. The molecule has 0 radical (unpaired) electrons. The molecule has 184 valence electrons. The second kappa shape index (κ2) is 9.83. The van der Waals surface area contributed by atoms with E-state index in [4.69, 9.17) is 4.42 Å². The molecule has 2 atom stereocenters. The molecule has 2 heterocycles. The molecule has 3 N–H and O–H groups in total. The standard InChI is InChI=1S/C26H29N3O5S/c30-25(29-35(32,33)20-9-5-2-6-10-20)23-16-18-15-19(11-12-22(18)34-23)28-26(31)24-21(13-14-27-24)17-7-3-1-4-8-17/h2,5-6,9-12,15-17,21,24,27H,1,3-4,7-8,13-14H2,(H,28,31)(H,29,30)/t21-,24-/m0/s1. The quantitative estimate of drug-likeness (QED) is 0.475. The number of fused-ring (bicyclic) bond motifs is 1. The van der Waals surface area contributed by atoms with Gasteiger partial charge in [0.2, 0.25) is 5.91 Å². The van der Waals surface area contributed by atoms with Crippen LogP contribution in [0.1, 0.15) is 49.1 Å². The third-order valence-corrected chi connectivity index (χ3v) is 8.44. The van der Waals surface area contributed by atoms with Crippen molar-refractivity contribution in [3.05, 3.63) is 60.4 Å². The number of amides is 2. The Balaban J connectivity index is 1.28. The third-order valence-electron chi connectivity index (χ3n) is 7.10. The van der Waals surface area contributed by atoms with Crippen LogP contribution in [0.25, 0.3) is 11.0 Å². The molecule has 2 aliphatic rings. The van der Waals surface area contributed by atoms with Crippen LogP contribution in [0.15, 0.2) is 63.9 Å². The summed E-state index contributed by atoms with van der Waals surface area (Å²) < 4.78 is 32.5. The molecule has 1 saturated carbocycles. The molecular formula is C26H29N3O5S. The molecule has 1 aliphatic carbocycles. The van der Waals surface area contributed by atoms with Crippen molar-refractivity contribution in [3.63, 3.8) is 0 Å². The highest BCUT2D eigenvalue weighted by Gasteiger charge is 2.38. The van der Waals surface area contributed by atoms with Crippen LogP contribution in [0.5, 0.6) is 0 Å². The summed E-state index contributed by atoms with van der Waals surface area (Å²) in [6.45, 7) is 0.852. The van der Waals surface area contributed by atoms with Gasteiger partial charge in [-0.3, -0.25) is 9.59 Å². The number of rotatable bonds is 6. The minimum Gasteiger partial charge on any atom is -0.451 e. The van der Waals surface area contributed by atoms with E-state index in [-0.39, 0.29) is 22.6 Å². The Hall–Kier alpha value is -3.17. The average Bonchev–Trinajstić information content (AvgIpc) is 3.52. The predicted molar refractivity (Wildman–Crippen MR) is 132 cm³/mol. The van der Waals surface area contributed by atoms with Gasteiger partial charge < -0.3 is 15.1 Å². The number of carbonyl (C=O) groups excluding carboxylic acids is 2. The predicted octanol–water partition coefficient (Wildman–Crippen LogP) is 4.05. The maximum absolute atomic E-state index is 13.1. The summed E-state index contributed by atoms with van der Waals surface area (Å²) in [6.07, 6.45) is 7.19. The first-order valence-corrected chi connectivity index (χ1v) is 13.6. The van der Waals surface area contributed by atoms with E-state index < -0.39 is 15.9 Å². The lowest BCUT2D eigenvalue weighted by molar-refractivity contribution is -0.119. The van der Waals surface area contributed by atoms with E-state index >= 15 is 0 Å². The molecule has 0 bridgehead atoms. The van der Waals surface area contributed by atoms with Crippen LogP contribution in [0.2, 0.25) is 0 Å². The van der Waals surface area contributed by atoms with Crippen LogP contribution < -0.4 is 15.4 Å². The Morgan fingerprint density at radius 3 is 2.49 bits per heavy atom. The van der Waals surface area contributed by atoms with Gasteiger partial charge in [0, 0.05) is 11.1 Å². The smallest absolute Gasteiger partial charge is 0.300 e. The zero-order valence-electron chi connectivity index (χ0n) is 19.3. The van der Waals surface area contributed by atoms with Crippen molar-refractivity contribution in [1.29, 1.82) is 0 Å². The van der Waals surface area contributed by atoms with E-state index in [9.17, 15) is 18.0 Å². The summed E-state index contributed by atoms with van der Waals surface area (Å²) in [7, 11) is -4.02. The summed E-state index contributed by atoms with van der Waals surface area (Å²) in [5.74, 6) is -0.0827. The largest absolute Gasteiger partial charge is 0.451 e. The highest BCUT2D eigenvalue weighted by Crippen LogP contribution is 2.36. The summed E-state index contributed by atoms with van der Waals surface area (Å²) in [6, 6.07) is 14.0. The van der Waals surface area contributed by atoms with Gasteiger partial charge in [0.1, 0.15) is 5.58 Å². The van der Waals surface area contributed by atoms with E-state index in [1.165, 1.54) is 50.3 Å². The molecule has 1 aliphatic heterocycles. The zero-order chi connectivity index (χ0) is 24.4. The number of sulfonamides is 1. The molecule has 2 amide bonds. The minimum absolute atomic E-state index is 0.0125. The van der Waals surface area contributed by atoms with Gasteiger partial charge in [-0.2, -0.15) is 0 Å². The summed E-state index contributed by atoms with van der Waals surface area (Å²) >= 11 is 0. The van der Waals surface area contributed by atoms with E-state index in [0.717, 1.165) is 13.0 Å². The molecule has 1 saturated heterocycles. The second-order valence-corrected chi connectivity index (χ2v) is 11.1. The monoisotopic (exact) mass is 495 g/mol. The molecule has 8 nitrogen and oxygen atoms in total. The first-order chi connectivity index (χ1) is 16.9. The Kier molecular flexibility index (Phi) is 6.62. The summed E-state index contributed by atoms with van der Waals surface area (Å²) in [4.78, 5) is 25.6. The van der Waals surface area contributed by atoms with Crippen molar-refractivity contribution in [3.8, 4) is 0 Å². The fourth-order valence-electron chi connectivity index (χ4n) is 5.36. The normalized spacial score (nSPS) is 21.1. The molecule has 3 aromatic rings. The fourth-order valence-corrected chi connectivity index (χ4v) is 6.34. The first-order valence-electron chi connectivity index (χ1n) is 12.1. The number of anilines is 1. The van der Waals surface area contributed by atoms with E-state index in [1.807, 2.05) is 4.72 Å². The lowest BCUT2D eigenvalue weighted by atomic mass is 9.76. The molecule has 5 rings (SSSR count). The van der Waals surface area contributed by atoms with Crippen LogP contribution in [0.4, 0.5) is 5.69 Å². The summed E-state index contributed by atoms with van der Waals surface area (Å²) in [5, 5.41) is 6.97. The molecule has 9 heteroatoms. The average molecular weight is 496 g/mol. The maximum atomic E-state index is 13.1. The number of hydrogen-bond acceptors (Lipinski definition) is 6. The highest BCUT2D eigenvalue weighted by atomic mass is 32.2. The Bertz CT molecular complexity index is 1330. The van der Waals surface area contributed by atoms with Crippen molar-refractivity contribution in [2.45, 2.75) is 49.5 Å². The first kappa shape index (κ1) is 23.6. The van der Waals surface area contributed by atoms with Crippen LogP contribution in [-0.2, 0) is 14.8 Å². The lowest BCUT2D eigenvalue weighted by Gasteiger charge is -2.30. The van der Waals surface area contributed by atoms with E-state index in [0.29, 0.717) is 28.5 Å². The van der Waals surface area contributed by atoms with Crippen molar-refractivity contribution in [2.24, 2.45) is 11.8 Å². The van der Waals surface area contributed by atoms with Crippen molar-refractivity contribution in [2.75, 3.05) is 11.9 Å². The van der Waals surface area contributed by atoms with Crippen molar-refractivity contribution < 1.29 is 22.4 Å². The minimum atomic E-state index is -4.02. The van der Waals surface area contributed by atoms with Crippen LogP contribution >= 0.6 is 0 Å². The van der Waals surface area contributed by atoms with Crippen molar-refractivity contribution in [1.82, 2.24) is 10.0 Å². The SMILES string of the molecule is O=C(NS(=O)(=O)c1ccccc1)c1cc2cc(NC(=O)[C@H]3NCC[C@H]3C3CCCCC3)ccc2o1. The van der Waals surface area contributed by atoms with Crippen molar-refractivity contribution >= 4 is 38.5 Å². The van der Waals surface area contributed by atoms with Gasteiger partial charge in [-0.05, 0) is 61.2 Å². The van der Waals surface area contributed by atoms with Crippen LogP contribution in [0.3, 0.4) is 0 Å². The maximum Gasteiger partial charge on any atom is 0.300 e. The Morgan fingerprint density at radius 1 is 0.943 bits per heavy atom. The van der Waals surface area contributed by atoms with Crippen LogP contribution in [-0.4, -0.2) is 32.8 Å². The molecule has 0 spiro atoms. The van der Waals surface area contributed by atoms with Gasteiger partial charge >= 0.3 is 5.91 Å². The molecule has 1 aromatic heterocycles. The van der Waals surface area contributed by atoms with Gasteiger partial charge in [0.05, 0.1) is 10.9 Å². The van der Waals surface area contributed by atoms with Gasteiger partial charge in [-0.15, -0.1) is 0 Å². The third kappa shape index (κ3) is 5.11. The number of nitrogens with one attached hydrogen (secondary N) is 3. The zero-order valence-corrected chi connectivity index (χ0v) is 20.1.